The number of hydrogen-bond donors (Lipinski definition) is 1. The van der Waals surface area contributed by atoms with E-state index in [0.717, 1.165) is 19.5 Å². The lowest BCUT2D eigenvalue weighted by molar-refractivity contribution is -0.142. The summed E-state index contributed by atoms with van der Waals surface area (Å²) in [7, 11) is 2.01. The molecule has 1 saturated carbocycles. The van der Waals surface area contributed by atoms with Crippen LogP contribution in [-0.2, 0) is 4.79 Å². The number of nitrogens with one attached hydrogen (secondary N) is 1. The van der Waals surface area contributed by atoms with Crippen LogP contribution >= 0.6 is 0 Å². The molecule has 0 aromatic heterocycles. The number of amides is 1. The fourth-order valence-corrected chi connectivity index (χ4v) is 3.36. The average molecular weight is 252 g/mol. The van der Waals surface area contributed by atoms with E-state index in [2.05, 4.69) is 26.1 Å². The highest BCUT2D eigenvalue weighted by atomic mass is 16.2. The van der Waals surface area contributed by atoms with Crippen molar-refractivity contribution in [2.24, 2.45) is 10.8 Å². The summed E-state index contributed by atoms with van der Waals surface area (Å²) in [5.74, 6) is 0.345. The standard InChI is InChI=1S/C15H28N2O/c1-14(2)7-5-12(6-8-14)17(4)13(18)15(3)9-10-16-11-15/h12,16H,5-11H2,1-4H3. The van der Waals surface area contributed by atoms with Crippen molar-refractivity contribution in [3.63, 3.8) is 0 Å². The lowest BCUT2D eigenvalue weighted by Gasteiger charge is -2.41. The summed E-state index contributed by atoms with van der Waals surface area (Å²) >= 11 is 0. The predicted octanol–water partition coefficient (Wildman–Crippen LogP) is 2.41. The van der Waals surface area contributed by atoms with Gasteiger partial charge < -0.3 is 10.2 Å². The summed E-state index contributed by atoms with van der Waals surface area (Å²) < 4.78 is 0. The molecule has 2 aliphatic rings. The third kappa shape index (κ3) is 2.71. The summed E-state index contributed by atoms with van der Waals surface area (Å²) in [6, 6.07) is 0.461. The van der Waals surface area contributed by atoms with Gasteiger partial charge in [-0.15, -0.1) is 0 Å². The number of carbonyl (C=O) groups is 1. The zero-order chi connectivity index (χ0) is 13.4. The van der Waals surface area contributed by atoms with Crippen molar-refractivity contribution in [2.75, 3.05) is 20.1 Å². The van der Waals surface area contributed by atoms with Crippen molar-refractivity contribution in [1.29, 1.82) is 0 Å². The summed E-state index contributed by atoms with van der Waals surface area (Å²) in [6.07, 6.45) is 5.79. The Morgan fingerprint density at radius 2 is 1.78 bits per heavy atom. The van der Waals surface area contributed by atoms with E-state index in [1.165, 1.54) is 25.7 Å². The van der Waals surface area contributed by atoms with E-state index in [1.54, 1.807) is 0 Å². The minimum Gasteiger partial charge on any atom is -0.342 e. The van der Waals surface area contributed by atoms with Crippen LogP contribution in [0.1, 0.15) is 52.9 Å². The molecule has 1 aliphatic carbocycles. The smallest absolute Gasteiger partial charge is 0.229 e. The van der Waals surface area contributed by atoms with Crippen molar-refractivity contribution < 1.29 is 4.79 Å². The van der Waals surface area contributed by atoms with Crippen molar-refractivity contribution in [1.82, 2.24) is 10.2 Å². The summed E-state index contributed by atoms with van der Waals surface area (Å²) in [4.78, 5) is 14.7. The molecule has 1 unspecified atom stereocenters. The van der Waals surface area contributed by atoms with Crippen molar-refractivity contribution in [2.45, 2.75) is 58.9 Å². The molecular weight excluding hydrogens is 224 g/mol. The molecule has 0 spiro atoms. The summed E-state index contributed by atoms with van der Waals surface area (Å²) in [5, 5.41) is 3.32. The minimum atomic E-state index is -0.165. The fourth-order valence-electron chi connectivity index (χ4n) is 3.36. The van der Waals surface area contributed by atoms with E-state index in [-0.39, 0.29) is 5.41 Å². The van der Waals surface area contributed by atoms with Crippen LogP contribution in [0.2, 0.25) is 0 Å². The van der Waals surface area contributed by atoms with E-state index >= 15 is 0 Å². The van der Waals surface area contributed by atoms with Crippen molar-refractivity contribution >= 4 is 5.91 Å². The van der Waals surface area contributed by atoms with Crippen LogP contribution in [0.25, 0.3) is 0 Å². The molecule has 1 amide bonds. The molecule has 3 heteroatoms. The van der Waals surface area contributed by atoms with Gasteiger partial charge in [-0.3, -0.25) is 4.79 Å². The van der Waals surface area contributed by atoms with Gasteiger partial charge in [0.15, 0.2) is 0 Å². The van der Waals surface area contributed by atoms with Gasteiger partial charge in [0.25, 0.3) is 0 Å². The normalized spacial score (nSPS) is 32.4. The maximum Gasteiger partial charge on any atom is 0.229 e. The van der Waals surface area contributed by atoms with Crippen LogP contribution < -0.4 is 5.32 Å². The Hall–Kier alpha value is -0.570. The van der Waals surface area contributed by atoms with E-state index in [4.69, 9.17) is 0 Å². The van der Waals surface area contributed by atoms with Crippen LogP contribution in [-0.4, -0.2) is 37.0 Å². The maximum atomic E-state index is 12.6. The molecule has 104 valence electrons. The van der Waals surface area contributed by atoms with Crippen molar-refractivity contribution in [3.8, 4) is 0 Å². The number of hydrogen-bond acceptors (Lipinski definition) is 2. The second-order valence-corrected chi connectivity index (χ2v) is 7.30. The first-order chi connectivity index (χ1) is 8.34. The molecule has 1 heterocycles. The lowest BCUT2D eigenvalue weighted by Crippen LogP contribution is -2.48. The second-order valence-electron chi connectivity index (χ2n) is 7.30. The number of carbonyl (C=O) groups excluding carboxylic acids is 1. The lowest BCUT2D eigenvalue weighted by atomic mass is 9.75. The van der Waals surface area contributed by atoms with E-state index in [1.807, 2.05) is 11.9 Å². The minimum absolute atomic E-state index is 0.165. The molecular formula is C15H28N2O. The highest BCUT2D eigenvalue weighted by Gasteiger charge is 2.41. The average Bonchev–Trinajstić information content (AvgIpc) is 2.75. The second kappa shape index (κ2) is 4.84. The SMILES string of the molecule is CN(C(=O)C1(C)CCNC1)C1CCC(C)(C)CC1. The van der Waals surface area contributed by atoms with Gasteiger partial charge in [-0.1, -0.05) is 13.8 Å². The largest absolute Gasteiger partial charge is 0.342 e. The van der Waals surface area contributed by atoms with Crippen LogP contribution in [0.3, 0.4) is 0 Å². The molecule has 0 radical (unpaired) electrons. The first-order valence-corrected chi connectivity index (χ1v) is 7.32. The zero-order valence-corrected chi connectivity index (χ0v) is 12.4. The van der Waals surface area contributed by atoms with Gasteiger partial charge in [-0.05, 0) is 51.0 Å². The Morgan fingerprint density at radius 3 is 2.28 bits per heavy atom. The molecule has 2 fully saturated rings. The van der Waals surface area contributed by atoms with E-state index in [9.17, 15) is 4.79 Å². The molecule has 1 N–H and O–H groups in total. The topological polar surface area (TPSA) is 32.3 Å². The van der Waals surface area contributed by atoms with E-state index in [0.29, 0.717) is 17.4 Å². The Bertz CT molecular complexity index is 308. The third-order valence-corrected chi connectivity index (χ3v) is 5.06. The summed E-state index contributed by atoms with van der Waals surface area (Å²) in [5.41, 5.74) is 0.306. The van der Waals surface area contributed by atoms with Gasteiger partial charge in [0, 0.05) is 19.6 Å². The molecule has 0 bridgehead atoms. The number of nitrogens with zero attached hydrogens (tertiary/aromatic N) is 1. The van der Waals surface area contributed by atoms with Crippen LogP contribution in [0.5, 0.6) is 0 Å². The zero-order valence-electron chi connectivity index (χ0n) is 12.4. The molecule has 18 heavy (non-hydrogen) atoms. The Balaban J connectivity index is 1.95. The van der Waals surface area contributed by atoms with Crippen LogP contribution in [0.15, 0.2) is 0 Å². The molecule has 1 saturated heterocycles. The first-order valence-electron chi connectivity index (χ1n) is 7.32. The highest BCUT2D eigenvalue weighted by molar-refractivity contribution is 5.83. The molecule has 0 aromatic carbocycles. The van der Waals surface area contributed by atoms with Gasteiger partial charge in [0.05, 0.1) is 5.41 Å². The third-order valence-electron chi connectivity index (χ3n) is 5.06. The van der Waals surface area contributed by atoms with Gasteiger partial charge >= 0.3 is 0 Å². The summed E-state index contributed by atoms with van der Waals surface area (Å²) in [6.45, 7) is 8.61. The van der Waals surface area contributed by atoms with Gasteiger partial charge in [-0.2, -0.15) is 0 Å². The maximum absolute atomic E-state index is 12.6. The highest BCUT2D eigenvalue weighted by Crippen LogP contribution is 2.38. The number of rotatable bonds is 2. The Labute approximate surface area is 111 Å². The van der Waals surface area contributed by atoms with Gasteiger partial charge in [0.2, 0.25) is 5.91 Å². The molecule has 1 aliphatic heterocycles. The quantitative estimate of drug-likeness (QED) is 0.818. The van der Waals surface area contributed by atoms with Gasteiger partial charge in [0.1, 0.15) is 0 Å². The monoisotopic (exact) mass is 252 g/mol. The molecule has 0 aromatic rings. The van der Waals surface area contributed by atoms with E-state index < -0.39 is 0 Å². The van der Waals surface area contributed by atoms with Crippen molar-refractivity contribution in [3.05, 3.63) is 0 Å². The molecule has 1 atom stereocenters. The fraction of sp³-hybridized carbons (Fsp3) is 0.933. The van der Waals surface area contributed by atoms with Crippen LogP contribution in [0, 0.1) is 10.8 Å². The molecule has 3 nitrogen and oxygen atoms in total. The first kappa shape index (κ1) is 13.9. The predicted molar refractivity (Wildman–Crippen MR) is 74.4 cm³/mol. The Kier molecular flexibility index (Phi) is 3.72. The van der Waals surface area contributed by atoms with Gasteiger partial charge in [-0.25, -0.2) is 0 Å². The van der Waals surface area contributed by atoms with Crippen LogP contribution in [0.4, 0.5) is 0 Å². The Morgan fingerprint density at radius 1 is 1.17 bits per heavy atom. The molecule has 2 rings (SSSR count).